The van der Waals surface area contributed by atoms with Crippen LogP contribution in [0.25, 0.3) is 6.08 Å². The Morgan fingerprint density at radius 3 is 2.50 bits per heavy atom. The summed E-state index contributed by atoms with van der Waals surface area (Å²) < 4.78 is 18.4. The van der Waals surface area contributed by atoms with Gasteiger partial charge in [0.1, 0.15) is 5.82 Å². The van der Waals surface area contributed by atoms with Crippen molar-refractivity contribution in [3.63, 3.8) is 0 Å². The summed E-state index contributed by atoms with van der Waals surface area (Å²) in [6, 6.07) is 13.8. The highest BCUT2D eigenvalue weighted by molar-refractivity contribution is 5.89. The first-order chi connectivity index (χ1) is 12.5. The Morgan fingerprint density at radius 1 is 1.15 bits per heavy atom. The summed E-state index contributed by atoms with van der Waals surface area (Å²) in [6.07, 6.45) is 3.13. The normalized spacial score (nSPS) is 12.0. The van der Waals surface area contributed by atoms with Crippen molar-refractivity contribution in [3.05, 3.63) is 77.1 Å². The SMILES string of the molecule is CC[C@H](NC(=O)COC(=O)/C=C/c1ccccc1F)c1ccc(C)cc1. The Morgan fingerprint density at radius 2 is 1.85 bits per heavy atom. The Hall–Kier alpha value is -2.95. The predicted octanol–water partition coefficient (Wildman–Crippen LogP) is 3.96. The number of esters is 1. The van der Waals surface area contributed by atoms with E-state index in [1.165, 1.54) is 12.1 Å². The Balaban J connectivity index is 1.84. The third-order valence-corrected chi connectivity index (χ3v) is 3.87. The smallest absolute Gasteiger partial charge is 0.331 e. The van der Waals surface area contributed by atoms with Gasteiger partial charge in [0.2, 0.25) is 0 Å². The van der Waals surface area contributed by atoms with Crippen LogP contribution >= 0.6 is 0 Å². The molecule has 2 aromatic rings. The van der Waals surface area contributed by atoms with Crippen molar-refractivity contribution >= 4 is 18.0 Å². The number of hydrogen-bond acceptors (Lipinski definition) is 3. The van der Waals surface area contributed by atoms with E-state index in [4.69, 9.17) is 4.74 Å². The van der Waals surface area contributed by atoms with Gasteiger partial charge in [-0.3, -0.25) is 4.79 Å². The maximum atomic E-state index is 13.5. The number of carbonyl (C=O) groups is 2. The maximum Gasteiger partial charge on any atom is 0.331 e. The molecular formula is C21H22FNO3. The third kappa shape index (κ3) is 5.84. The zero-order valence-electron chi connectivity index (χ0n) is 14.9. The molecule has 2 rings (SSSR count). The van der Waals surface area contributed by atoms with Gasteiger partial charge in [-0.25, -0.2) is 9.18 Å². The molecule has 0 heterocycles. The molecule has 1 N–H and O–H groups in total. The van der Waals surface area contributed by atoms with Crippen LogP contribution in [0.3, 0.4) is 0 Å². The molecule has 2 aromatic carbocycles. The van der Waals surface area contributed by atoms with E-state index in [2.05, 4.69) is 5.32 Å². The van der Waals surface area contributed by atoms with Crippen LogP contribution in [0.4, 0.5) is 4.39 Å². The lowest BCUT2D eigenvalue weighted by molar-refractivity contribution is -0.144. The minimum atomic E-state index is -0.702. The van der Waals surface area contributed by atoms with Crippen molar-refractivity contribution in [2.75, 3.05) is 6.61 Å². The largest absolute Gasteiger partial charge is 0.452 e. The molecule has 0 unspecified atom stereocenters. The van der Waals surface area contributed by atoms with Gasteiger partial charge in [0.15, 0.2) is 6.61 Å². The van der Waals surface area contributed by atoms with E-state index in [9.17, 15) is 14.0 Å². The number of aryl methyl sites for hydroxylation is 1. The van der Waals surface area contributed by atoms with Crippen molar-refractivity contribution in [1.82, 2.24) is 5.32 Å². The fraction of sp³-hybridized carbons (Fsp3) is 0.238. The van der Waals surface area contributed by atoms with Gasteiger partial charge in [0, 0.05) is 11.6 Å². The molecule has 136 valence electrons. The molecule has 5 heteroatoms. The lowest BCUT2D eigenvalue weighted by Gasteiger charge is -2.17. The molecule has 0 aliphatic carbocycles. The number of carbonyl (C=O) groups excluding carboxylic acids is 2. The highest BCUT2D eigenvalue weighted by Gasteiger charge is 2.13. The highest BCUT2D eigenvalue weighted by atomic mass is 19.1. The molecule has 0 spiro atoms. The number of hydrogen-bond donors (Lipinski definition) is 1. The van der Waals surface area contributed by atoms with E-state index in [1.807, 2.05) is 38.1 Å². The van der Waals surface area contributed by atoms with Crippen molar-refractivity contribution in [3.8, 4) is 0 Å². The summed E-state index contributed by atoms with van der Waals surface area (Å²) in [5.74, 6) is -1.52. The van der Waals surface area contributed by atoms with Gasteiger partial charge in [0.25, 0.3) is 5.91 Å². The van der Waals surface area contributed by atoms with Crippen molar-refractivity contribution in [2.24, 2.45) is 0 Å². The number of amides is 1. The number of ether oxygens (including phenoxy) is 1. The van der Waals surface area contributed by atoms with Gasteiger partial charge in [-0.05, 0) is 31.1 Å². The Bertz CT molecular complexity index is 784. The molecule has 0 aromatic heterocycles. The van der Waals surface area contributed by atoms with E-state index < -0.39 is 11.8 Å². The minimum Gasteiger partial charge on any atom is -0.452 e. The average Bonchev–Trinajstić information content (AvgIpc) is 2.64. The Labute approximate surface area is 152 Å². The van der Waals surface area contributed by atoms with Crippen LogP contribution in [0.5, 0.6) is 0 Å². The molecule has 1 atom stereocenters. The molecule has 4 nitrogen and oxygen atoms in total. The average molecular weight is 355 g/mol. The molecule has 0 saturated heterocycles. The number of halogens is 1. The zero-order valence-corrected chi connectivity index (χ0v) is 14.9. The first-order valence-electron chi connectivity index (χ1n) is 8.45. The summed E-state index contributed by atoms with van der Waals surface area (Å²) in [7, 11) is 0. The van der Waals surface area contributed by atoms with Crippen LogP contribution in [0.1, 0.15) is 36.1 Å². The quantitative estimate of drug-likeness (QED) is 0.604. The van der Waals surface area contributed by atoms with Crippen LogP contribution in [-0.2, 0) is 14.3 Å². The van der Waals surface area contributed by atoms with Gasteiger partial charge >= 0.3 is 5.97 Å². The van der Waals surface area contributed by atoms with Crippen LogP contribution in [-0.4, -0.2) is 18.5 Å². The molecule has 0 fully saturated rings. The van der Waals surface area contributed by atoms with E-state index in [-0.39, 0.29) is 24.1 Å². The van der Waals surface area contributed by atoms with Crippen molar-refractivity contribution in [2.45, 2.75) is 26.3 Å². The van der Waals surface area contributed by atoms with Gasteiger partial charge in [-0.1, -0.05) is 55.0 Å². The molecule has 0 saturated carbocycles. The molecular weight excluding hydrogens is 333 g/mol. The number of benzene rings is 2. The van der Waals surface area contributed by atoms with Gasteiger partial charge in [-0.2, -0.15) is 0 Å². The molecule has 0 radical (unpaired) electrons. The maximum absolute atomic E-state index is 13.5. The van der Waals surface area contributed by atoms with E-state index in [1.54, 1.807) is 18.2 Å². The fourth-order valence-corrected chi connectivity index (χ4v) is 2.41. The predicted molar refractivity (Wildman–Crippen MR) is 98.7 cm³/mol. The molecule has 0 aliphatic heterocycles. The second-order valence-corrected chi connectivity index (χ2v) is 5.90. The molecule has 0 bridgehead atoms. The lowest BCUT2D eigenvalue weighted by atomic mass is 10.0. The lowest BCUT2D eigenvalue weighted by Crippen LogP contribution is -2.32. The molecule has 26 heavy (non-hydrogen) atoms. The summed E-state index contributed by atoms with van der Waals surface area (Å²) >= 11 is 0. The van der Waals surface area contributed by atoms with Crippen molar-refractivity contribution < 1.29 is 18.7 Å². The summed E-state index contributed by atoms with van der Waals surface area (Å²) in [5, 5.41) is 2.84. The fourth-order valence-electron chi connectivity index (χ4n) is 2.41. The summed E-state index contributed by atoms with van der Waals surface area (Å²) in [5.41, 5.74) is 2.42. The standard InChI is InChI=1S/C21H22FNO3/c1-3-19(17-10-8-15(2)9-11-17)23-20(24)14-26-21(25)13-12-16-6-4-5-7-18(16)22/h4-13,19H,3,14H2,1-2H3,(H,23,24)/b13-12+/t19-/m0/s1. The number of rotatable bonds is 7. The van der Waals surface area contributed by atoms with E-state index in [0.29, 0.717) is 0 Å². The summed E-state index contributed by atoms with van der Waals surface area (Å²) in [4.78, 5) is 23.7. The van der Waals surface area contributed by atoms with Gasteiger partial charge in [-0.15, -0.1) is 0 Å². The molecule has 1 amide bonds. The first-order valence-corrected chi connectivity index (χ1v) is 8.45. The number of nitrogens with one attached hydrogen (secondary N) is 1. The van der Waals surface area contributed by atoms with E-state index >= 15 is 0 Å². The van der Waals surface area contributed by atoms with Gasteiger partial charge < -0.3 is 10.1 Å². The molecule has 0 aliphatic rings. The Kier molecular flexibility index (Phi) is 7.09. The first kappa shape index (κ1) is 19.4. The van der Waals surface area contributed by atoms with Crippen LogP contribution in [0.2, 0.25) is 0 Å². The van der Waals surface area contributed by atoms with Crippen LogP contribution in [0.15, 0.2) is 54.6 Å². The zero-order chi connectivity index (χ0) is 18.9. The van der Waals surface area contributed by atoms with Gasteiger partial charge in [0.05, 0.1) is 6.04 Å². The minimum absolute atomic E-state index is 0.143. The van der Waals surface area contributed by atoms with Crippen LogP contribution < -0.4 is 5.32 Å². The second-order valence-electron chi connectivity index (χ2n) is 5.90. The van der Waals surface area contributed by atoms with Crippen LogP contribution in [0, 0.1) is 12.7 Å². The summed E-state index contributed by atoms with van der Waals surface area (Å²) in [6.45, 7) is 3.58. The monoisotopic (exact) mass is 355 g/mol. The van der Waals surface area contributed by atoms with E-state index in [0.717, 1.165) is 23.6 Å². The third-order valence-electron chi connectivity index (χ3n) is 3.87. The second kappa shape index (κ2) is 9.51. The highest BCUT2D eigenvalue weighted by Crippen LogP contribution is 2.17. The topological polar surface area (TPSA) is 55.4 Å². The van der Waals surface area contributed by atoms with Crippen molar-refractivity contribution in [1.29, 1.82) is 0 Å².